The van der Waals surface area contributed by atoms with E-state index in [2.05, 4.69) is 250 Å². The van der Waals surface area contributed by atoms with Gasteiger partial charge in [-0.15, -0.1) is 40.4 Å². The van der Waals surface area contributed by atoms with Gasteiger partial charge < -0.3 is 9.13 Å². The molecule has 2 saturated heterocycles. The van der Waals surface area contributed by atoms with Gasteiger partial charge in [0.05, 0.1) is 34.6 Å². The van der Waals surface area contributed by atoms with Crippen molar-refractivity contribution in [3.63, 3.8) is 0 Å². The first-order chi connectivity index (χ1) is 41.5. The van der Waals surface area contributed by atoms with Crippen LogP contribution in [0.15, 0.2) is 107 Å². The number of hydrogen-bond donors (Lipinski definition) is 0. The highest BCUT2D eigenvalue weighted by Crippen LogP contribution is 2.37. The number of hydrogen-bond acceptors (Lipinski definition) is 13. The molecule has 20 nitrogen and oxygen atoms in total. The Morgan fingerprint density at radius 3 is 1.67 bits per heavy atom. The molecular formula is C70H110N20+2. The largest absolute Gasteiger partial charge is 0.315 e. The molecule has 8 aromatic heterocycles. The standard InChI is InChI=1S/C11H14N2.C10H18N4.2C10H13N3.C10H17N2.C9H15N3.C9H16N3.CH4/c1-11(2,3)9-8-12-13-7-5-4-6-10(9)13;1-10(2,3)9-12-11-8-7-13(4)5-6-14(8)9;1-10(2,3)9-12-11-8-6-4-5-7-13(8)9;1-10(2,3)9-8-6-4-5-7-13(8)12-11-9;1-10(2,3)8-7-11-12-6-4-5-9(8)12;1-9(2,3)8-11-10-7-5-4-6-12(7)8;1-9(2,3)8-7-5-4-6-12(7)11-10-8;/h4-8H,1-3H3;5-7H2,1-4H3;2*4-7H,1-3H3;7,9H,4-6H2,1-3H3;4-6H2,1-3H3;7H,4-6H2,1-3H3;1H4/q;;;;+1;;+1;. The van der Waals surface area contributed by atoms with Gasteiger partial charge in [0.15, 0.2) is 18.2 Å². The third-order valence-corrected chi connectivity index (χ3v) is 16.5. The van der Waals surface area contributed by atoms with E-state index in [0.717, 1.165) is 85.8 Å². The van der Waals surface area contributed by atoms with Crippen LogP contribution in [0.2, 0.25) is 0 Å². The molecule has 0 spiro atoms. The van der Waals surface area contributed by atoms with Crippen LogP contribution in [0.3, 0.4) is 0 Å². The minimum absolute atomic E-state index is 0. The van der Waals surface area contributed by atoms with Gasteiger partial charge in [0.1, 0.15) is 47.1 Å². The first kappa shape index (κ1) is 70.2. The van der Waals surface area contributed by atoms with Crippen LogP contribution in [0.1, 0.15) is 225 Å². The average Bonchev–Trinajstić information content (AvgIpc) is 2.44. The smallest absolute Gasteiger partial charge is 0.209 e. The number of azo groups is 2. The molecular weight excluding hydrogens is 1120 g/mol. The van der Waals surface area contributed by atoms with Crippen LogP contribution in [-0.4, -0.2) is 127 Å². The molecule has 2 atom stereocenters. The number of aromatic nitrogens is 14. The van der Waals surface area contributed by atoms with Crippen molar-refractivity contribution in [2.24, 2.45) is 26.3 Å². The molecule has 20 heteroatoms. The Bertz CT molecular complexity index is 3530. The van der Waals surface area contributed by atoms with E-state index in [0.29, 0.717) is 17.5 Å². The quantitative estimate of drug-likeness (QED) is 0.132. The Morgan fingerprint density at radius 2 is 1.06 bits per heavy atom. The van der Waals surface area contributed by atoms with Crippen LogP contribution >= 0.6 is 0 Å². The zero-order chi connectivity index (χ0) is 65.1. The highest BCUT2D eigenvalue weighted by molar-refractivity contribution is 5.93. The minimum atomic E-state index is 0. The lowest BCUT2D eigenvalue weighted by molar-refractivity contribution is -0.591. The number of pyridine rings is 3. The third kappa shape index (κ3) is 17.0. The van der Waals surface area contributed by atoms with E-state index >= 15 is 0 Å². The summed E-state index contributed by atoms with van der Waals surface area (Å²) in [4.78, 5) is 2.27. The van der Waals surface area contributed by atoms with Gasteiger partial charge in [-0.3, -0.25) is 9.30 Å². The zero-order valence-electron chi connectivity index (χ0n) is 58.2. The Balaban J connectivity index is 0.000000149. The van der Waals surface area contributed by atoms with Crippen molar-refractivity contribution in [2.75, 3.05) is 26.7 Å². The van der Waals surface area contributed by atoms with E-state index in [1.807, 2.05) is 82.2 Å². The molecule has 2 fully saturated rings. The van der Waals surface area contributed by atoms with Gasteiger partial charge in [-0.05, 0) is 72.2 Å². The van der Waals surface area contributed by atoms with Crippen LogP contribution < -0.4 is 0 Å². The van der Waals surface area contributed by atoms with Gasteiger partial charge in [-0.25, -0.2) is 9.03 Å². The molecule has 488 valence electrons. The van der Waals surface area contributed by atoms with E-state index < -0.39 is 0 Å². The highest BCUT2D eigenvalue weighted by Gasteiger charge is 2.44. The number of nitrogens with zero attached hydrogens (tertiary/aromatic N) is 20. The van der Waals surface area contributed by atoms with E-state index in [4.69, 9.17) is 0 Å². The second-order valence-corrected chi connectivity index (χ2v) is 31.7. The van der Waals surface area contributed by atoms with Crippen LogP contribution in [0, 0.1) is 10.8 Å². The van der Waals surface area contributed by atoms with Crippen LogP contribution in [0.25, 0.3) is 16.7 Å². The molecule has 90 heavy (non-hydrogen) atoms. The highest BCUT2D eigenvalue weighted by atomic mass is 15.5. The number of likely N-dealkylation sites (N-methyl/N-ethyl adjacent to an activating group) is 1. The van der Waals surface area contributed by atoms with Crippen molar-refractivity contribution in [3.05, 3.63) is 132 Å². The average molecular weight is 1230 g/mol. The predicted molar refractivity (Wildman–Crippen MR) is 362 cm³/mol. The molecule has 8 aromatic rings. The summed E-state index contributed by atoms with van der Waals surface area (Å²) in [7, 11) is 2.12. The molecule has 0 radical (unpaired) electrons. The fraction of sp³-hybridized carbons (Fsp3) is 0.629. The Hall–Kier alpha value is -7.22. The molecule has 6 aliphatic rings. The van der Waals surface area contributed by atoms with Gasteiger partial charge in [0.2, 0.25) is 11.8 Å². The second kappa shape index (κ2) is 27.7. The first-order valence-electron chi connectivity index (χ1n) is 32.3. The lowest BCUT2D eigenvalue weighted by atomic mass is 9.82. The van der Waals surface area contributed by atoms with Crippen molar-refractivity contribution in [2.45, 2.75) is 250 Å². The molecule has 0 aromatic carbocycles. The third-order valence-electron chi connectivity index (χ3n) is 16.5. The topological polar surface area (TPSA) is 185 Å². The summed E-state index contributed by atoms with van der Waals surface area (Å²) in [5, 5.41) is 50.6. The van der Waals surface area contributed by atoms with Crippen LogP contribution in [0.4, 0.5) is 0 Å². The lowest BCUT2D eigenvalue weighted by Crippen LogP contribution is -2.33. The fourth-order valence-electron chi connectivity index (χ4n) is 11.9. The number of rotatable bonds is 0. The number of fused-ring (bicyclic) bond motifs is 7. The van der Waals surface area contributed by atoms with Gasteiger partial charge in [-0.2, -0.15) is 9.80 Å². The normalized spacial score (nSPS) is 17.9. The van der Waals surface area contributed by atoms with Gasteiger partial charge in [0.25, 0.3) is 0 Å². The van der Waals surface area contributed by atoms with E-state index in [9.17, 15) is 0 Å². The summed E-state index contributed by atoms with van der Waals surface area (Å²) >= 11 is 0. The van der Waals surface area contributed by atoms with Gasteiger partial charge in [0, 0.05) is 102 Å². The fourth-order valence-corrected chi connectivity index (χ4v) is 11.9. The summed E-state index contributed by atoms with van der Waals surface area (Å²) in [6, 6.07) is 19.2. The first-order valence-corrected chi connectivity index (χ1v) is 32.3. The molecule has 0 aliphatic carbocycles. The van der Waals surface area contributed by atoms with E-state index in [1.54, 1.807) is 4.52 Å². The molecule has 0 bridgehead atoms. The molecule has 14 heterocycles. The molecule has 0 amide bonds. The zero-order valence-corrected chi connectivity index (χ0v) is 58.2. The Kier molecular flexibility index (Phi) is 21.6. The molecule has 0 saturated carbocycles. The molecule has 2 unspecified atom stereocenters. The molecule has 14 rings (SSSR count). The van der Waals surface area contributed by atoms with E-state index in [-0.39, 0.29) is 39.9 Å². The van der Waals surface area contributed by atoms with E-state index in [1.165, 1.54) is 60.3 Å². The number of aryl methyl sites for hydroxylation is 1. The lowest BCUT2D eigenvalue weighted by Gasteiger charge is -2.26. The SMILES string of the molecule is C.CC(C)(C)C1=CN=[N+]2CCCC12.CC(C)(C)C1=NN=[N+]2CCCC12.CC(C)(C)c1cnn2ccccc12.CC(C)(C)c1nnc2ccccn12.CC(C)(C)c1nnc2n1CCC2.CC(C)(C)c1nnn2ccccc12.CN1CCn2c(nnc2C(C)(C)C)C1. The van der Waals surface area contributed by atoms with Crippen molar-refractivity contribution < 1.29 is 9.39 Å². The van der Waals surface area contributed by atoms with Crippen LogP contribution in [-0.2, 0) is 53.1 Å². The minimum Gasteiger partial charge on any atom is -0.315 e. The monoisotopic (exact) mass is 1230 g/mol. The maximum absolute atomic E-state index is 4.42. The second-order valence-electron chi connectivity index (χ2n) is 31.7. The van der Waals surface area contributed by atoms with Crippen molar-refractivity contribution in [1.82, 2.24) is 73.5 Å². The molecule has 0 N–H and O–H groups in total. The Labute approximate surface area is 537 Å². The summed E-state index contributed by atoms with van der Waals surface area (Å²) in [6.07, 6.45) is 17.4. The van der Waals surface area contributed by atoms with Gasteiger partial charge >= 0.3 is 0 Å². The summed E-state index contributed by atoms with van der Waals surface area (Å²) in [6.45, 7) is 52.4. The van der Waals surface area contributed by atoms with Crippen molar-refractivity contribution in [3.8, 4) is 0 Å². The summed E-state index contributed by atoms with van der Waals surface area (Å²) in [5.74, 6) is 5.52. The predicted octanol–water partition coefficient (Wildman–Crippen LogP) is 14.5. The summed E-state index contributed by atoms with van der Waals surface area (Å²) < 4.78 is 14.6. The maximum Gasteiger partial charge on any atom is 0.209 e. The summed E-state index contributed by atoms with van der Waals surface area (Å²) in [5.41, 5.74) is 9.32. The van der Waals surface area contributed by atoms with Gasteiger partial charge in [-0.1, -0.05) is 176 Å². The van der Waals surface area contributed by atoms with Crippen molar-refractivity contribution >= 4 is 22.4 Å². The Morgan fingerprint density at radius 1 is 0.489 bits per heavy atom. The van der Waals surface area contributed by atoms with Crippen molar-refractivity contribution in [1.29, 1.82) is 0 Å². The molecule has 6 aliphatic heterocycles. The van der Waals surface area contributed by atoms with Crippen LogP contribution in [0.5, 0.6) is 0 Å². The maximum atomic E-state index is 4.42.